The number of nitrogen functional groups attached to an aromatic ring is 1. The van der Waals surface area contributed by atoms with Crippen molar-refractivity contribution in [2.45, 2.75) is 40.0 Å². The molecule has 1 aliphatic rings. The number of aryl methyl sites for hydroxylation is 1. The standard InChI is InChI=1S/C14H23N3/c1-11-12(15)5-6-13(16-11)17-9-4-7-14(2,3)8-10-17/h5-6H,4,7-10,15H2,1-3H3. The van der Waals surface area contributed by atoms with E-state index in [0.717, 1.165) is 30.3 Å². The summed E-state index contributed by atoms with van der Waals surface area (Å²) in [4.78, 5) is 6.98. The molecule has 3 nitrogen and oxygen atoms in total. The molecule has 1 fully saturated rings. The quantitative estimate of drug-likeness (QED) is 0.811. The maximum atomic E-state index is 5.81. The van der Waals surface area contributed by atoms with Crippen LogP contribution in [0.2, 0.25) is 0 Å². The summed E-state index contributed by atoms with van der Waals surface area (Å²) in [6, 6.07) is 4.01. The van der Waals surface area contributed by atoms with Crippen molar-refractivity contribution in [2.24, 2.45) is 5.41 Å². The van der Waals surface area contributed by atoms with Crippen LogP contribution < -0.4 is 10.6 Å². The Morgan fingerprint density at radius 1 is 1.24 bits per heavy atom. The molecule has 0 amide bonds. The molecule has 0 atom stereocenters. The van der Waals surface area contributed by atoms with Crippen LogP contribution in [-0.2, 0) is 0 Å². The molecule has 0 aliphatic carbocycles. The van der Waals surface area contributed by atoms with E-state index in [4.69, 9.17) is 5.73 Å². The Morgan fingerprint density at radius 3 is 2.71 bits per heavy atom. The number of anilines is 2. The Hall–Kier alpha value is -1.25. The van der Waals surface area contributed by atoms with Crippen LogP contribution in [0.15, 0.2) is 12.1 Å². The topological polar surface area (TPSA) is 42.2 Å². The molecular formula is C14H23N3. The number of hydrogen-bond donors (Lipinski definition) is 1. The van der Waals surface area contributed by atoms with E-state index in [0.29, 0.717) is 5.41 Å². The molecule has 3 heteroatoms. The van der Waals surface area contributed by atoms with Crippen LogP contribution in [0.5, 0.6) is 0 Å². The van der Waals surface area contributed by atoms with Gasteiger partial charge in [-0.3, -0.25) is 0 Å². The third kappa shape index (κ3) is 2.90. The smallest absolute Gasteiger partial charge is 0.128 e. The van der Waals surface area contributed by atoms with Crippen LogP contribution in [0, 0.1) is 12.3 Å². The molecule has 0 aromatic carbocycles. The lowest BCUT2D eigenvalue weighted by Crippen LogP contribution is -2.26. The van der Waals surface area contributed by atoms with Gasteiger partial charge in [0.05, 0.1) is 11.4 Å². The van der Waals surface area contributed by atoms with E-state index in [1.165, 1.54) is 19.3 Å². The van der Waals surface area contributed by atoms with Gasteiger partial charge in [0.15, 0.2) is 0 Å². The lowest BCUT2D eigenvalue weighted by atomic mass is 9.85. The summed E-state index contributed by atoms with van der Waals surface area (Å²) in [5.74, 6) is 1.08. The van der Waals surface area contributed by atoms with Crippen molar-refractivity contribution in [1.29, 1.82) is 0 Å². The fraction of sp³-hybridized carbons (Fsp3) is 0.643. The normalized spacial score (nSPS) is 20.1. The number of pyridine rings is 1. The third-order valence-corrected chi connectivity index (χ3v) is 3.78. The summed E-state index contributed by atoms with van der Waals surface area (Å²) in [6.45, 7) is 8.90. The van der Waals surface area contributed by atoms with Crippen molar-refractivity contribution >= 4 is 11.5 Å². The molecule has 2 heterocycles. The van der Waals surface area contributed by atoms with Crippen molar-refractivity contribution in [3.8, 4) is 0 Å². The Morgan fingerprint density at radius 2 is 2.00 bits per heavy atom. The fourth-order valence-electron chi connectivity index (χ4n) is 2.39. The predicted molar refractivity (Wildman–Crippen MR) is 73.2 cm³/mol. The van der Waals surface area contributed by atoms with E-state index in [-0.39, 0.29) is 0 Å². The Kier molecular flexibility index (Phi) is 3.27. The van der Waals surface area contributed by atoms with Crippen molar-refractivity contribution in [2.75, 3.05) is 23.7 Å². The minimum atomic E-state index is 0.470. The maximum Gasteiger partial charge on any atom is 0.128 e. The monoisotopic (exact) mass is 233 g/mol. The van der Waals surface area contributed by atoms with Gasteiger partial charge in [-0.25, -0.2) is 4.98 Å². The highest BCUT2D eigenvalue weighted by Crippen LogP contribution is 2.31. The minimum absolute atomic E-state index is 0.470. The molecule has 94 valence electrons. The van der Waals surface area contributed by atoms with E-state index in [2.05, 4.69) is 23.7 Å². The number of rotatable bonds is 1. The minimum Gasteiger partial charge on any atom is -0.397 e. The van der Waals surface area contributed by atoms with Gasteiger partial charge in [0.25, 0.3) is 0 Å². The highest BCUT2D eigenvalue weighted by molar-refractivity contribution is 5.50. The van der Waals surface area contributed by atoms with Gasteiger partial charge in [0.1, 0.15) is 5.82 Å². The van der Waals surface area contributed by atoms with Crippen molar-refractivity contribution < 1.29 is 0 Å². The van der Waals surface area contributed by atoms with Crippen molar-refractivity contribution in [3.63, 3.8) is 0 Å². The Balaban J connectivity index is 2.14. The number of hydrogen-bond acceptors (Lipinski definition) is 3. The van der Waals surface area contributed by atoms with Gasteiger partial charge in [0, 0.05) is 13.1 Å². The molecule has 0 saturated carbocycles. The number of nitrogens with two attached hydrogens (primary N) is 1. The number of aromatic nitrogens is 1. The molecule has 1 saturated heterocycles. The second-order valence-corrected chi connectivity index (χ2v) is 5.85. The third-order valence-electron chi connectivity index (χ3n) is 3.78. The first kappa shape index (κ1) is 12.2. The lowest BCUT2D eigenvalue weighted by Gasteiger charge is -2.24. The maximum absolute atomic E-state index is 5.81. The predicted octanol–water partition coefficient (Wildman–Crippen LogP) is 2.99. The molecular weight excluding hydrogens is 210 g/mol. The summed E-state index contributed by atoms with van der Waals surface area (Å²) in [7, 11) is 0. The van der Waals surface area contributed by atoms with Crippen LogP contribution in [0.1, 0.15) is 38.8 Å². The molecule has 2 rings (SSSR count). The first-order chi connectivity index (χ1) is 7.98. The van der Waals surface area contributed by atoms with E-state index >= 15 is 0 Å². The zero-order chi connectivity index (χ0) is 12.5. The SMILES string of the molecule is Cc1nc(N2CCCC(C)(C)CC2)ccc1N. The van der Waals surface area contributed by atoms with Gasteiger partial charge < -0.3 is 10.6 Å². The van der Waals surface area contributed by atoms with E-state index in [1.54, 1.807) is 0 Å². The van der Waals surface area contributed by atoms with Gasteiger partial charge in [-0.1, -0.05) is 13.8 Å². The summed E-state index contributed by atoms with van der Waals surface area (Å²) in [6.07, 6.45) is 3.79. The first-order valence-electron chi connectivity index (χ1n) is 6.46. The molecule has 0 radical (unpaired) electrons. The summed E-state index contributed by atoms with van der Waals surface area (Å²) < 4.78 is 0. The Labute approximate surface area is 104 Å². The molecule has 0 spiro atoms. The van der Waals surface area contributed by atoms with Crippen LogP contribution in [-0.4, -0.2) is 18.1 Å². The molecule has 2 N–H and O–H groups in total. The largest absolute Gasteiger partial charge is 0.397 e. The van der Waals surface area contributed by atoms with Crippen LogP contribution in [0.4, 0.5) is 11.5 Å². The molecule has 0 bridgehead atoms. The van der Waals surface area contributed by atoms with E-state index in [1.807, 2.05) is 19.1 Å². The second kappa shape index (κ2) is 4.55. The highest BCUT2D eigenvalue weighted by Gasteiger charge is 2.23. The first-order valence-corrected chi connectivity index (χ1v) is 6.46. The fourth-order valence-corrected chi connectivity index (χ4v) is 2.39. The van der Waals surface area contributed by atoms with Gasteiger partial charge in [-0.2, -0.15) is 0 Å². The van der Waals surface area contributed by atoms with Gasteiger partial charge in [-0.05, 0) is 43.7 Å². The summed E-state index contributed by atoms with van der Waals surface area (Å²) >= 11 is 0. The zero-order valence-electron chi connectivity index (χ0n) is 11.2. The van der Waals surface area contributed by atoms with Crippen molar-refractivity contribution in [1.82, 2.24) is 4.98 Å². The van der Waals surface area contributed by atoms with Crippen LogP contribution in [0.25, 0.3) is 0 Å². The molecule has 0 unspecified atom stereocenters. The van der Waals surface area contributed by atoms with Gasteiger partial charge >= 0.3 is 0 Å². The van der Waals surface area contributed by atoms with Crippen LogP contribution >= 0.6 is 0 Å². The molecule has 1 aliphatic heterocycles. The van der Waals surface area contributed by atoms with Crippen molar-refractivity contribution in [3.05, 3.63) is 17.8 Å². The number of nitrogens with zero attached hydrogens (tertiary/aromatic N) is 2. The van der Waals surface area contributed by atoms with E-state index in [9.17, 15) is 0 Å². The Bertz CT molecular complexity index is 398. The molecule has 1 aromatic heterocycles. The average Bonchev–Trinajstić information content (AvgIpc) is 2.44. The summed E-state index contributed by atoms with van der Waals surface area (Å²) in [5, 5.41) is 0. The second-order valence-electron chi connectivity index (χ2n) is 5.85. The zero-order valence-corrected chi connectivity index (χ0v) is 11.2. The van der Waals surface area contributed by atoms with Gasteiger partial charge in [0.2, 0.25) is 0 Å². The van der Waals surface area contributed by atoms with Crippen LogP contribution in [0.3, 0.4) is 0 Å². The highest BCUT2D eigenvalue weighted by atomic mass is 15.2. The average molecular weight is 233 g/mol. The summed E-state index contributed by atoms with van der Waals surface area (Å²) in [5.41, 5.74) is 8.00. The van der Waals surface area contributed by atoms with E-state index < -0.39 is 0 Å². The molecule has 1 aromatic rings. The molecule has 17 heavy (non-hydrogen) atoms. The van der Waals surface area contributed by atoms with Gasteiger partial charge in [-0.15, -0.1) is 0 Å². The lowest BCUT2D eigenvalue weighted by molar-refractivity contribution is 0.325.